The maximum atomic E-state index is 12.5. The van der Waals surface area contributed by atoms with Crippen molar-refractivity contribution >= 4 is 11.6 Å². The molecule has 0 aromatic heterocycles. The molecule has 1 aliphatic heterocycles. The van der Waals surface area contributed by atoms with Crippen molar-refractivity contribution in [2.75, 3.05) is 6.61 Å². The third-order valence-corrected chi connectivity index (χ3v) is 4.03. The van der Waals surface area contributed by atoms with E-state index in [1.54, 1.807) is 24.3 Å². The van der Waals surface area contributed by atoms with Gasteiger partial charge in [-0.25, -0.2) is 0 Å². The molecule has 4 rings (SSSR count). The third kappa shape index (κ3) is 1.46. The Morgan fingerprint density at radius 3 is 2.35 bits per heavy atom. The fraction of sp³-hybridized carbons (Fsp3) is 0.176. The van der Waals surface area contributed by atoms with Crippen LogP contribution in [0.2, 0.25) is 0 Å². The molecule has 0 saturated carbocycles. The van der Waals surface area contributed by atoms with Crippen molar-refractivity contribution < 1.29 is 14.3 Å². The first-order chi connectivity index (χ1) is 9.75. The zero-order valence-electron chi connectivity index (χ0n) is 10.8. The van der Waals surface area contributed by atoms with E-state index in [1.807, 2.05) is 18.2 Å². The van der Waals surface area contributed by atoms with Gasteiger partial charge in [-0.2, -0.15) is 0 Å². The molecule has 2 aromatic rings. The Morgan fingerprint density at radius 2 is 1.65 bits per heavy atom. The molecule has 0 N–H and O–H groups in total. The van der Waals surface area contributed by atoms with Gasteiger partial charge in [-0.15, -0.1) is 0 Å². The summed E-state index contributed by atoms with van der Waals surface area (Å²) in [5.41, 5.74) is 2.94. The second kappa shape index (κ2) is 4.04. The standard InChI is InChI=1S/C17H12O3/c18-16-12-3-1-2-4-13(12)17(19)15(16)11-5-6-14-10(9-11)7-8-20-14/h1-6,9,15H,7-8H2. The van der Waals surface area contributed by atoms with E-state index in [2.05, 4.69) is 0 Å². The van der Waals surface area contributed by atoms with E-state index in [4.69, 9.17) is 4.74 Å². The molecule has 0 spiro atoms. The first-order valence-electron chi connectivity index (χ1n) is 6.69. The summed E-state index contributed by atoms with van der Waals surface area (Å²) in [6, 6.07) is 12.7. The average Bonchev–Trinajstić information content (AvgIpc) is 3.03. The highest BCUT2D eigenvalue weighted by atomic mass is 16.5. The van der Waals surface area contributed by atoms with Crippen molar-refractivity contribution in [2.24, 2.45) is 0 Å². The molecule has 0 unspecified atom stereocenters. The number of hydrogen-bond donors (Lipinski definition) is 0. The maximum absolute atomic E-state index is 12.5. The molecule has 0 amide bonds. The summed E-state index contributed by atoms with van der Waals surface area (Å²) < 4.78 is 5.46. The molecule has 1 heterocycles. The predicted octanol–water partition coefficient (Wildman–Crippen LogP) is 2.78. The number of rotatable bonds is 1. The minimum absolute atomic E-state index is 0.0931. The van der Waals surface area contributed by atoms with Gasteiger partial charge in [0.25, 0.3) is 0 Å². The molecule has 20 heavy (non-hydrogen) atoms. The molecule has 0 saturated heterocycles. The van der Waals surface area contributed by atoms with Crippen molar-refractivity contribution in [3.05, 3.63) is 64.7 Å². The van der Waals surface area contributed by atoms with E-state index in [1.165, 1.54) is 0 Å². The zero-order valence-corrected chi connectivity index (χ0v) is 10.8. The van der Waals surface area contributed by atoms with Crippen molar-refractivity contribution in [3.63, 3.8) is 0 Å². The minimum Gasteiger partial charge on any atom is -0.493 e. The molecule has 1 aliphatic carbocycles. The van der Waals surface area contributed by atoms with E-state index in [-0.39, 0.29) is 11.6 Å². The van der Waals surface area contributed by atoms with Crippen molar-refractivity contribution in [3.8, 4) is 5.75 Å². The van der Waals surface area contributed by atoms with Crippen LogP contribution in [0.4, 0.5) is 0 Å². The first kappa shape index (κ1) is 11.4. The number of ketones is 2. The average molecular weight is 264 g/mol. The van der Waals surface area contributed by atoms with Crippen LogP contribution < -0.4 is 4.74 Å². The van der Waals surface area contributed by atoms with E-state index in [9.17, 15) is 9.59 Å². The highest BCUT2D eigenvalue weighted by Gasteiger charge is 2.39. The monoisotopic (exact) mass is 264 g/mol. The summed E-state index contributed by atoms with van der Waals surface area (Å²) >= 11 is 0. The van der Waals surface area contributed by atoms with Crippen LogP contribution in [0.3, 0.4) is 0 Å². The summed E-state index contributed by atoms with van der Waals surface area (Å²) in [6.45, 7) is 0.672. The number of Topliss-reactive ketones (excluding diaryl/α,β-unsaturated/α-hetero) is 2. The Bertz CT molecular complexity index is 711. The lowest BCUT2D eigenvalue weighted by molar-refractivity contribution is 0.0890. The fourth-order valence-electron chi connectivity index (χ4n) is 3.03. The largest absolute Gasteiger partial charge is 0.493 e. The first-order valence-corrected chi connectivity index (χ1v) is 6.69. The van der Waals surface area contributed by atoms with Gasteiger partial charge in [-0.3, -0.25) is 9.59 Å². The van der Waals surface area contributed by atoms with Gasteiger partial charge >= 0.3 is 0 Å². The number of ether oxygens (including phenoxy) is 1. The van der Waals surface area contributed by atoms with Crippen LogP contribution in [-0.2, 0) is 6.42 Å². The van der Waals surface area contributed by atoms with Crippen LogP contribution in [0.5, 0.6) is 5.75 Å². The summed E-state index contributed by atoms with van der Waals surface area (Å²) in [7, 11) is 0. The summed E-state index contributed by atoms with van der Waals surface area (Å²) in [4.78, 5) is 24.9. The van der Waals surface area contributed by atoms with E-state index >= 15 is 0 Å². The van der Waals surface area contributed by atoms with Gasteiger partial charge in [-0.1, -0.05) is 36.4 Å². The van der Waals surface area contributed by atoms with E-state index in [0.29, 0.717) is 17.7 Å². The van der Waals surface area contributed by atoms with Crippen LogP contribution in [0.1, 0.15) is 37.8 Å². The van der Waals surface area contributed by atoms with Crippen molar-refractivity contribution in [2.45, 2.75) is 12.3 Å². The summed E-state index contributed by atoms with van der Waals surface area (Å²) in [5, 5.41) is 0. The van der Waals surface area contributed by atoms with Crippen molar-refractivity contribution in [1.82, 2.24) is 0 Å². The van der Waals surface area contributed by atoms with Gasteiger partial charge in [0, 0.05) is 17.5 Å². The van der Waals surface area contributed by atoms with Crippen LogP contribution in [-0.4, -0.2) is 18.2 Å². The molecule has 3 heteroatoms. The van der Waals surface area contributed by atoms with E-state index in [0.717, 1.165) is 23.3 Å². The second-order valence-corrected chi connectivity index (χ2v) is 5.17. The number of carbonyl (C=O) groups is 2. The highest BCUT2D eigenvalue weighted by Crippen LogP contribution is 2.36. The molecular weight excluding hydrogens is 252 g/mol. The highest BCUT2D eigenvalue weighted by molar-refractivity contribution is 6.29. The Morgan fingerprint density at radius 1 is 0.950 bits per heavy atom. The number of hydrogen-bond acceptors (Lipinski definition) is 3. The van der Waals surface area contributed by atoms with Crippen molar-refractivity contribution in [1.29, 1.82) is 0 Å². The van der Waals surface area contributed by atoms with Gasteiger partial charge in [0.15, 0.2) is 11.6 Å². The molecule has 3 nitrogen and oxygen atoms in total. The van der Waals surface area contributed by atoms with Gasteiger partial charge in [0.2, 0.25) is 0 Å². The molecule has 0 fully saturated rings. The number of carbonyl (C=O) groups excluding carboxylic acids is 2. The van der Waals surface area contributed by atoms with Gasteiger partial charge in [0.05, 0.1) is 6.61 Å². The quantitative estimate of drug-likeness (QED) is 0.744. The summed E-state index contributed by atoms with van der Waals surface area (Å²) in [5.74, 6) is -0.00334. The van der Waals surface area contributed by atoms with Crippen LogP contribution in [0, 0.1) is 0 Å². The smallest absolute Gasteiger partial charge is 0.178 e. The molecule has 0 bridgehead atoms. The normalized spacial score (nSPS) is 17.0. The van der Waals surface area contributed by atoms with Crippen LogP contribution >= 0.6 is 0 Å². The molecule has 2 aromatic carbocycles. The Kier molecular flexibility index (Phi) is 2.30. The molecule has 98 valence electrons. The molecule has 0 radical (unpaired) electrons. The minimum atomic E-state index is -0.682. The number of benzene rings is 2. The SMILES string of the molecule is O=C1c2ccccc2C(=O)C1c1ccc2c(c1)CCO2. The third-order valence-electron chi connectivity index (χ3n) is 4.03. The number of fused-ring (bicyclic) bond motifs is 2. The lowest BCUT2D eigenvalue weighted by Gasteiger charge is -2.09. The zero-order chi connectivity index (χ0) is 13.7. The molecule has 2 aliphatic rings. The maximum Gasteiger partial charge on any atom is 0.178 e. The topological polar surface area (TPSA) is 43.4 Å². The van der Waals surface area contributed by atoms with Crippen LogP contribution in [0.15, 0.2) is 42.5 Å². The second-order valence-electron chi connectivity index (χ2n) is 5.17. The Labute approximate surface area is 116 Å². The van der Waals surface area contributed by atoms with Gasteiger partial charge in [0.1, 0.15) is 11.7 Å². The van der Waals surface area contributed by atoms with Crippen LogP contribution in [0.25, 0.3) is 0 Å². The lowest BCUT2D eigenvalue weighted by atomic mass is 9.92. The summed E-state index contributed by atoms with van der Waals surface area (Å²) in [6.07, 6.45) is 0.839. The Hall–Kier alpha value is -2.42. The lowest BCUT2D eigenvalue weighted by Crippen LogP contribution is -2.12. The van der Waals surface area contributed by atoms with Gasteiger partial charge in [-0.05, 0) is 17.2 Å². The fourth-order valence-corrected chi connectivity index (χ4v) is 3.03. The van der Waals surface area contributed by atoms with E-state index < -0.39 is 5.92 Å². The molecular formula is C17H12O3. The Balaban J connectivity index is 1.81. The predicted molar refractivity (Wildman–Crippen MR) is 73.5 cm³/mol. The molecule has 0 atom stereocenters. The van der Waals surface area contributed by atoms with Gasteiger partial charge < -0.3 is 4.74 Å².